The SMILES string of the molecule is NC1(CCNCc2cscn2)CCCCC1. The average Bonchev–Trinajstić information content (AvgIpc) is 2.78. The fraction of sp³-hybridized carbons (Fsp3) is 0.750. The van der Waals surface area contributed by atoms with Gasteiger partial charge in [0.25, 0.3) is 0 Å². The molecule has 90 valence electrons. The fourth-order valence-corrected chi connectivity index (χ4v) is 2.94. The maximum Gasteiger partial charge on any atom is 0.0795 e. The molecule has 3 N–H and O–H groups in total. The van der Waals surface area contributed by atoms with E-state index in [1.807, 2.05) is 5.51 Å². The number of thiazole rings is 1. The molecule has 1 fully saturated rings. The summed E-state index contributed by atoms with van der Waals surface area (Å²) in [6.07, 6.45) is 7.48. The van der Waals surface area contributed by atoms with E-state index >= 15 is 0 Å². The van der Waals surface area contributed by atoms with Crippen LogP contribution in [-0.2, 0) is 6.54 Å². The van der Waals surface area contributed by atoms with Gasteiger partial charge in [-0.15, -0.1) is 11.3 Å². The molecule has 0 atom stereocenters. The van der Waals surface area contributed by atoms with Gasteiger partial charge in [0, 0.05) is 17.5 Å². The van der Waals surface area contributed by atoms with E-state index in [0.717, 1.165) is 25.2 Å². The summed E-state index contributed by atoms with van der Waals surface area (Å²) >= 11 is 1.65. The Labute approximate surface area is 101 Å². The second-order valence-corrected chi connectivity index (χ2v) is 5.55. The van der Waals surface area contributed by atoms with Gasteiger partial charge in [-0.2, -0.15) is 0 Å². The fourth-order valence-electron chi connectivity index (χ4n) is 2.38. The summed E-state index contributed by atoms with van der Waals surface area (Å²) in [5, 5.41) is 5.51. The Hall–Kier alpha value is -0.450. The molecule has 0 bridgehead atoms. The van der Waals surface area contributed by atoms with E-state index in [1.165, 1.54) is 32.1 Å². The lowest BCUT2D eigenvalue weighted by Crippen LogP contribution is -2.43. The molecule has 0 amide bonds. The molecule has 2 rings (SSSR count). The predicted molar refractivity (Wildman–Crippen MR) is 68.4 cm³/mol. The van der Waals surface area contributed by atoms with Crippen LogP contribution in [0.15, 0.2) is 10.9 Å². The molecule has 16 heavy (non-hydrogen) atoms. The first-order valence-electron chi connectivity index (χ1n) is 6.15. The third-order valence-electron chi connectivity index (χ3n) is 3.44. The molecule has 3 nitrogen and oxygen atoms in total. The Bertz CT molecular complexity index is 291. The Morgan fingerprint density at radius 3 is 2.88 bits per heavy atom. The minimum Gasteiger partial charge on any atom is -0.325 e. The van der Waals surface area contributed by atoms with Crippen LogP contribution in [0.1, 0.15) is 44.2 Å². The summed E-state index contributed by atoms with van der Waals surface area (Å²) in [7, 11) is 0. The molecule has 0 radical (unpaired) electrons. The van der Waals surface area contributed by atoms with Gasteiger partial charge in [-0.25, -0.2) is 4.98 Å². The largest absolute Gasteiger partial charge is 0.325 e. The third kappa shape index (κ3) is 3.54. The minimum absolute atomic E-state index is 0.104. The minimum atomic E-state index is 0.104. The van der Waals surface area contributed by atoms with Crippen molar-refractivity contribution < 1.29 is 0 Å². The van der Waals surface area contributed by atoms with Crippen molar-refractivity contribution in [1.82, 2.24) is 10.3 Å². The Balaban J connectivity index is 1.63. The lowest BCUT2D eigenvalue weighted by Gasteiger charge is -2.33. The third-order valence-corrected chi connectivity index (χ3v) is 4.07. The molecule has 4 heteroatoms. The number of nitrogens with zero attached hydrogens (tertiary/aromatic N) is 1. The first kappa shape index (κ1) is 12.0. The van der Waals surface area contributed by atoms with E-state index in [4.69, 9.17) is 5.73 Å². The van der Waals surface area contributed by atoms with E-state index < -0.39 is 0 Å². The molecule has 0 aliphatic heterocycles. The maximum atomic E-state index is 6.36. The molecule has 1 aromatic rings. The van der Waals surface area contributed by atoms with Crippen LogP contribution in [-0.4, -0.2) is 17.1 Å². The van der Waals surface area contributed by atoms with Gasteiger partial charge >= 0.3 is 0 Å². The van der Waals surface area contributed by atoms with Crippen LogP contribution in [0.5, 0.6) is 0 Å². The molecule has 0 spiro atoms. The molecular formula is C12H21N3S. The molecule has 0 aromatic carbocycles. The second-order valence-electron chi connectivity index (χ2n) is 4.83. The smallest absolute Gasteiger partial charge is 0.0795 e. The van der Waals surface area contributed by atoms with Gasteiger partial charge in [0.05, 0.1) is 11.2 Å². The molecule has 1 heterocycles. The van der Waals surface area contributed by atoms with Crippen molar-refractivity contribution in [1.29, 1.82) is 0 Å². The maximum absolute atomic E-state index is 6.36. The molecule has 0 unspecified atom stereocenters. The predicted octanol–water partition coefficient (Wildman–Crippen LogP) is 2.28. The van der Waals surface area contributed by atoms with Gasteiger partial charge in [-0.05, 0) is 25.8 Å². The van der Waals surface area contributed by atoms with Gasteiger partial charge < -0.3 is 11.1 Å². The van der Waals surface area contributed by atoms with Crippen molar-refractivity contribution in [2.24, 2.45) is 5.73 Å². The first-order valence-corrected chi connectivity index (χ1v) is 7.09. The molecule has 1 aliphatic rings. The lowest BCUT2D eigenvalue weighted by atomic mass is 9.80. The van der Waals surface area contributed by atoms with Crippen LogP contribution >= 0.6 is 11.3 Å². The number of rotatable bonds is 5. The van der Waals surface area contributed by atoms with Crippen molar-refractivity contribution >= 4 is 11.3 Å². The molecule has 1 aromatic heterocycles. The molecular weight excluding hydrogens is 218 g/mol. The van der Waals surface area contributed by atoms with Gasteiger partial charge in [-0.3, -0.25) is 0 Å². The van der Waals surface area contributed by atoms with Crippen LogP contribution in [0.3, 0.4) is 0 Å². The van der Waals surface area contributed by atoms with Crippen molar-refractivity contribution in [3.63, 3.8) is 0 Å². The normalized spacial score (nSPS) is 19.8. The zero-order chi connectivity index (χ0) is 11.3. The second kappa shape index (κ2) is 5.75. The highest BCUT2D eigenvalue weighted by molar-refractivity contribution is 7.07. The van der Waals surface area contributed by atoms with Crippen LogP contribution < -0.4 is 11.1 Å². The van der Waals surface area contributed by atoms with E-state index in [0.29, 0.717) is 0 Å². The first-order chi connectivity index (χ1) is 7.79. The van der Waals surface area contributed by atoms with Gasteiger partial charge in [-0.1, -0.05) is 19.3 Å². The van der Waals surface area contributed by atoms with Crippen LogP contribution in [0.4, 0.5) is 0 Å². The number of nitrogens with two attached hydrogens (primary N) is 1. The Kier molecular flexibility index (Phi) is 4.32. The van der Waals surface area contributed by atoms with E-state index in [2.05, 4.69) is 15.7 Å². The Morgan fingerprint density at radius 1 is 1.38 bits per heavy atom. The van der Waals surface area contributed by atoms with Gasteiger partial charge in [0.15, 0.2) is 0 Å². The summed E-state index contributed by atoms with van der Waals surface area (Å²) in [5.74, 6) is 0. The van der Waals surface area contributed by atoms with Crippen molar-refractivity contribution in [3.05, 3.63) is 16.6 Å². The van der Waals surface area contributed by atoms with E-state index in [9.17, 15) is 0 Å². The number of aromatic nitrogens is 1. The Morgan fingerprint density at radius 2 is 2.19 bits per heavy atom. The molecule has 1 aliphatic carbocycles. The summed E-state index contributed by atoms with van der Waals surface area (Å²) in [6.45, 7) is 1.88. The highest BCUT2D eigenvalue weighted by Gasteiger charge is 2.26. The van der Waals surface area contributed by atoms with E-state index in [1.54, 1.807) is 11.3 Å². The standard InChI is InChI=1S/C12H21N3S/c13-12(4-2-1-3-5-12)6-7-14-8-11-9-16-10-15-11/h9-10,14H,1-8,13H2. The van der Waals surface area contributed by atoms with Crippen LogP contribution in [0.2, 0.25) is 0 Å². The van der Waals surface area contributed by atoms with E-state index in [-0.39, 0.29) is 5.54 Å². The molecule has 1 saturated carbocycles. The van der Waals surface area contributed by atoms with Crippen molar-refractivity contribution in [2.75, 3.05) is 6.54 Å². The monoisotopic (exact) mass is 239 g/mol. The zero-order valence-electron chi connectivity index (χ0n) is 9.74. The van der Waals surface area contributed by atoms with Crippen LogP contribution in [0, 0.1) is 0 Å². The van der Waals surface area contributed by atoms with Gasteiger partial charge in [0.1, 0.15) is 0 Å². The summed E-state index contributed by atoms with van der Waals surface area (Å²) < 4.78 is 0. The number of nitrogens with one attached hydrogen (secondary N) is 1. The molecule has 0 saturated heterocycles. The summed E-state index contributed by atoms with van der Waals surface area (Å²) in [5.41, 5.74) is 9.49. The van der Waals surface area contributed by atoms with Crippen molar-refractivity contribution in [3.8, 4) is 0 Å². The zero-order valence-corrected chi connectivity index (χ0v) is 10.6. The van der Waals surface area contributed by atoms with Gasteiger partial charge in [0.2, 0.25) is 0 Å². The summed E-state index contributed by atoms with van der Waals surface area (Å²) in [4.78, 5) is 4.24. The highest BCUT2D eigenvalue weighted by Crippen LogP contribution is 2.28. The van der Waals surface area contributed by atoms with Crippen LogP contribution in [0.25, 0.3) is 0 Å². The highest BCUT2D eigenvalue weighted by atomic mass is 32.1. The average molecular weight is 239 g/mol. The quantitative estimate of drug-likeness (QED) is 0.775. The number of hydrogen-bond acceptors (Lipinski definition) is 4. The lowest BCUT2D eigenvalue weighted by molar-refractivity contribution is 0.274. The topological polar surface area (TPSA) is 50.9 Å². The number of hydrogen-bond donors (Lipinski definition) is 2. The van der Waals surface area contributed by atoms with Crippen molar-refractivity contribution in [2.45, 2.75) is 50.6 Å². The summed E-state index contributed by atoms with van der Waals surface area (Å²) in [6, 6.07) is 0.